The van der Waals surface area contributed by atoms with Gasteiger partial charge in [0.25, 0.3) is 0 Å². The van der Waals surface area contributed by atoms with Crippen molar-refractivity contribution < 1.29 is 4.79 Å². The number of carbonyl (C=O) groups is 1. The first-order valence-electron chi connectivity index (χ1n) is 7.84. The quantitative estimate of drug-likeness (QED) is 0.439. The van der Waals surface area contributed by atoms with Crippen LogP contribution in [0.5, 0.6) is 0 Å². The molecule has 0 saturated heterocycles. The Labute approximate surface area is 149 Å². The molecular formula is C20H15N3OS. The van der Waals surface area contributed by atoms with E-state index in [1.165, 1.54) is 11.3 Å². The lowest BCUT2D eigenvalue weighted by Gasteiger charge is -2.01. The van der Waals surface area contributed by atoms with Crippen LogP contribution in [-0.2, 0) is 0 Å². The van der Waals surface area contributed by atoms with Crippen LogP contribution in [-0.4, -0.2) is 15.8 Å². The number of ketones is 1. The summed E-state index contributed by atoms with van der Waals surface area (Å²) in [6.45, 7) is 1.97. The van der Waals surface area contributed by atoms with E-state index in [-0.39, 0.29) is 5.78 Å². The molecule has 0 spiro atoms. The zero-order chi connectivity index (χ0) is 17.4. The second-order valence-electron chi connectivity index (χ2n) is 5.80. The third-order valence-corrected chi connectivity index (χ3v) is 5.34. The molecule has 0 aliphatic carbocycles. The first-order chi connectivity index (χ1) is 12.1. The van der Waals surface area contributed by atoms with Crippen molar-refractivity contribution in [2.24, 2.45) is 0 Å². The van der Waals surface area contributed by atoms with E-state index in [1.54, 1.807) is 36.7 Å². The summed E-state index contributed by atoms with van der Waals surface area (Å²) in [7, 11) is 0. The van der Waals surface area contributed by atoms with Gasteiger partial charge in [0.2, 0.25) is 5.78 Å². The van der Waals surface area contributed by atoms with E-state index < -0.39 is 0 Å². The van der Waals surface area contributed by atoms with Crippen molar-refractivity contribution in [1.29, 1.82) is 0 Å². The number of aromatic nitrogens is 2. The number of pyridine rings is 2. The average molecular weight is 345 g/mol. The molecule has 3 aromatic heterocycles. The van der Waals surface area contributed by atoms with Crippen molar-refractivity contribution in [3.8, 4) is 11.3 Å². The third-order valence-electron chi connectivity index (χ3n) is 4.14. The van der Waals surface area contributed by atoms with Crippen molar-refractivity contribution >= 4 is 33.0 Å². The molecule has 4 rings (SSSR count). The van der Waals surface area contributed by atoms with Gasteiger partial charge in [-0.1, -0.05) is 0 Å². The zero-order valence-electron chi connectivity index (χ0n) is 13.6. The number of rotatable bonds is 3. The summed E-state index contributed by atoms with van der Waals surface area (Å²) >= 11 is 1.43. The van der Waals surface area contributed by atoms with E-state index in [2.05, 4.69) is 4.98 Å². The number of hydrogen-bond acceptors (Lipinski definition) is 5. The molecular weight excluding hydrogens is 330 g/mol. The van der Waals surface area contributed by atoms with Gasteiger partial charge in [-0.3, -0.25) is 9.78 Å². The summed E-state index contributed by atoms with van der Waals surface area (Å²) in [5.41, 5.74) is 9.77. The van der Waals surface area contributed by atoms with Crippen molar-refractivity contribution in [3.05, 3.63) is 76.9 Å². The Balaban J connectivity index is 1.79. The fourth-order valence-electron chi connectivity index (χ4n) is 2.76. The van der Waals surface area contributed by atoms with Gasteiger partial charge in [0.05, 0.1) is 10.6 Å². The SMILES string of the molecule is Cc1c(C(=O)c2ccc(N)cc2)sc2nc(-c3cccnc3)ccc12. The van der Waals surface area contributed by atoms with Gasteiger partial charge in [0.1, 0.15) is 4.83 Å². The Morgan fingerprint density at radius 2 is 1.88 bits per heavy atom. The highest BCUT2D eigenvalue weighted by Crippen LogP contribution is 2.33. The minimum absolute atomic E-state index is 0.00317. The first-order valence-corrected chi connectivity index (χ1v) is 8.66. The van der Waals surface area contributed by atoms with Gasteiger partial charge in [-0.05, 0) is 61.0 Å². The van der Waals surface area contributed by atoms with Crippen LogP contribution in [0.1, 0.15) is 20.8 Å². The summed E-state index contributed by atoms with van der Waals surface area (Å²) in [5, 5.41) is 1.01. The van der Waals surface area contributed by atoms with E-state index in [0.717, 1.165) is 31.9 Å². The van der Waals surface area contributed by atoms with Gasteiger partial charge >= 0.3 is 0 Å². The predicted molar refractivity (Wildman–Crippen MR) is 102 cm³/mol. The Bertz CT molecular complexity index is 1070. The molecule has 0 aliphatic rings. The average Bonchev–Trinajstić information content (AvgIpc) is 2.98. The molecule has 0 amide bonds. The standard InChI is InChI=1S/C20H15N3OS/c1-12-16-8-9-17(14-3-2-10-22-11-14)23-20(16)25-19(12)18(24)13-4-6-15(21)7-5-13/h2-11H,21H2,1H3. The molecule has 0 fully saturated rings. The number of hydrogen-bond donors (Lipinski definition) is 1. The number of benzene rings is 1. The number of anilines is 1. The normalized spacial score (nSPS) is 10.9. The summed E-state index contributed by atoms with van der Waals surface area (Å²) in [4.78, 5) is 23.3. The monoisotopic (exact) mass is 345 g/mol. The van der Waals surface area contributed by atoms with Crippen molar-refractivity contribution in [2.75, 3.05) is 5.73 Å². The maximum atomic E-state index is 12.8. The van der Waals surface area contributed by atoms with Gasteiger partial charge in [-0.25, -0.2) is 4.98 Å². The molecule has 5 heteroatoms. The van der Waals surface area contributed by atoms with E-state index in [9.17, 15) is 4.79 Å². The van der Waals surface area contributed by atoms with Crippen LogP contribution in [0, 0.1) is 6.92 Å². The van der Waals surface area contributed by atoms with E-state index in [0.29, 0.717) is 11.3 Å². The Morgan fingerprint density at radius 1 is 1.08 bits per heavy atom. The molecule has 4 aromatic rings. The molecule has 0 aliphatic heterocycles. The number of thiophene rings is 1. The van der Waals surface area contributed by atoms with Crippen LogP contribution < -0.4 is 5.73 Å². The fraction of sp³-hybridized carbons (Fsp3) is 0.0500. The van der Waals surface area contributed by atoms with Crippen LogP contribution in [0.2, 0.25) is 0 Å². The number of aryl methyl sites for hydroxylation is 1. The van der Waals surface area contributed by atoms with Crippen LogP contribution in [0.15, 0.2) is 60.9 Å². The minimum atomic E-state index is 0.00317. The maximum Gasteiger partial charge on any atom is 0.203 e. The molecule has 25 heavy (non-hydrogen) atoms. The van der Waals surface area contributed by atoms with Gasteiger partial charge < -0.3 is 5.73 Å². The van der Waals surface area contributed by atoms with Crippen LogP contribution >= 0.6 is 11.3 Å². The van der Waals surface area contributed by atoms with Crippen molar-refractivity contribution in [1.82, 2.24) is 9.97 Å². The molecule has 2 N–H and O–H groups in total. The Hall–Kier alpha value is -3.05. The lowest BCUT2D eigenvalue weighted by Crippen LogP contribution is -2.00. The molecule has 4 nitrogen and oxygen atoms in total. The first kappa shape index (κ1) is 15.5. The van der Waals surface area contributed by atoms with Crippen LogP contribution in [0.4, 0.5) is 5.69 Å². The summed E-state index contributed by atoms with van der Waals surface area (Å²) in [6.07, 6.45) is 3.52. The second-order valence-corrected chi connectivity index (χ2v) is 6.80. The van der Waals surface area contributed by atoms with E-state index in [1.807, 2.05) is 31.2 Å². The second kappa shape index (κ2) is 6.11. The van der Waals surface area contributed by atoms with Gasteiger partial charge in [0, 0.05) is 34.6 Å². The molecule has 0 unspecified atom stereocenters. The maximum absolute atomic E-state index is 12.8. The molecule has 0 bridgehead atoms. The highest BCUT2D eigenvalue weighted by Gasteiger charge is 2.18. The van der Waals surface area contributed by atoms with Crippen molar-refractivity contribution in [2.45, 2.75) is 6.92 Å². The highest BCUT2D eigenvalue weighted by atomic mass is 32.1. The van der Waals surface area contributed by atoms with E-state index in [4.69, 9.17) is 10.7 Å². The largest absolute Gasteiger partial charge is 0.399 e. The summed E-state index contributed by atoms with van der Waals surface area (Å²) in [5.74, 6) is 0.00317. The lowest BCUT2D eigenvalue weighted by atomic mass is 10.1. The number of nitrogens with two attached hydrogens (primary N) is 1. The third kappa shape index (κ3) is 2.79. The number of nitrogen functional groups attached to an aromatic ring is 1. The number of nitrogens with zero attached hydrogens (tertiary/aromatic N) is 2. The molecule has 3 heterocycles. The van der Waals surface area contributed by atoms with Gasteiger partial charge in [-0.15, -0.1) is 11.3 Å². The highest BCUT2D eigenvalue weighted by molar-refractivity contribution is 7.20. The van der Waals surface area contributed by atoms with Crippen LogP contribution in [0.25, 0.3) is 21.5 Å². The lowest BCUT2D eigenvalue weighted by molar-refractivity contribution is 0.104. The predicted octanol–water partition coefficient (Wildman–Crippen LogP) is 4.48. The summed E-state index contributed by atoms with van der Waals surface area (Å²) in [6, 6.07) is 14.9. The summed E-state index contributed by atoms with van der Waals surface area (Å²) < 4.78 is 0. The fourth-order valence-corrected chi connectivity index (χ4v) is 3.90. The Morgan fingerprint density at radius 3 is 2.60 bits per heavy atom. The molecule has 1 aromatic carbocycles. The van der Waals surface area contributed by atoms with Gasteiger partial charge in [0.15, 0.2) is 0 Å². The Kier molecular flexibility index (Phi) is 3.78. The molecule has 122 valence electrons. The topological polar surface area (TPSA) is 68.9 Å². The molecule has 0 radical (unpaired) electrons. The number of carbonyl (C=O) groups excluding carboxylic acids is 1. The smallest absolute Gasteiger partial charge is 0.203 e. The molecule has 0 saturated carbocycles. The number of fused-ring (bicyclic) bond motifs is 1. The minimum Gasteiger partial charge on any atom is -0.399 e. The molecule has 0 atom stereocenters. The van der Waals surface area contributed by atoms with Crippen LogP contribution in [0.3, 0.4) is 0 Å². The van der Waals surface area contributed by atoms with Crippen molar-refractivity contribution in [3.63, 3.8) is 0 Å². The van der Waals surface area contributed by atoms with Gasteiger partial charge in [-0.2, -0.15) is 0 Å². The zero-order valence-corrected chi connectivity index (χ0v) is 14.4. The van der Waals surface area contributed by atoms with E-state index >= 15 is 0 Å².